The Balaban J connectivity index is 2.52. The van der Waals surface area contributed by atoms with Gasteiger partial charge in [0.05, 0.1) is 12.5 Å². The molecule has 1 aliphatic rings. The maximum Gasteiger partial charge on any atom is 0.475 e. The number of hydrogen-bond acceptors (Lipinski definition) is 4. The van der Waals surface area contributed by atoms with Gasteiger partial charge in [0.25, 0.3) is 0 Å². The summed E-state index contributed by atoms with van der Waals surface area (Å²) in [4.78, 5) is 12.9. The largest absolute Gasteiger partial charge is 0.475 e. The zero-order chi connectivity index (χ0) is 9.84. The second-order valence-corrected chi connectivity index (χ2v) is 3.24. The molecule has 74 valence electrons. The van der Waals surface area contributed by atoms with E-state index in [2.05, 4.69) is 5.32 Å². The minimum atomic E-state index is -1.41. The normalized spacial score (nSPS) is 22.1. The average Bonchev–Trinajstić information content (AvgIpc) is 2.52. The van der Waals surface area contributed by atoms with Crippen molar-refractivity contribution in [3.8, 4) is 0 Å². The maximum absolute atomic E-state index is 11.4. The van der Waals surface area contributed by atoms with Crippen molar-refractivity contribution in [2.75, 3.05) is 20.1 Å². The molecule has 0 aliphatic carbocycles. The van der Waals surface area contributed by atoms with Crippen LogP contribution in [0.15, 0.2) is 0 Å². The van der Waals surface area contributed by atoms with Crippen LogP contribution in [0.1, 0.15) is 12.8 Å². The van der Waals surface area contributed by atoms with Crippen molar-refractivity contribution in [3.05, 3.63) is 0 Å². The van der Waals surface area contributed by atoms with Crippen LogP contribution in [0.4, 0.5) is 0 Å². The third-order valence-corrected chi connectivity index (χ3v) is 2.29. The van der Waals surface area contributed by atoms with E-state index in [1.54, 1.807) is 7.05 Å². The van der Waals surface area contributed by atoms with E-state index in [1.807, 2.05) is 0 Å². The van der Waals surface area contributed by atoms with E-state index in [-0.39, 0.29) is 12.5 Å². The number of amides is 1. The molecule has 1 aliphatic heterocycles. The highest BCUT2D eigenvalue weighted by Gasteiger charge is 2.36. The van der Waals surface area contributed by atoms with E-state index < -0.39 is 13.1 Å². The first-order chi connectivity index (χ1) is 6.16. The SMILES string of the molecule is CNCC(=O)N1CCC[C@H]1B(O)O. The molecule has 13 heavy (non-hydrogen) atoms. The van der Waals surface area contributed by atoms with Crippen LogP contribution in [0, 0.1) is 0 Å². The fourth-order valence-electron chi connectivity index (χ4n) is 1.66. The van der Waals surface area contributed by atoms with Crippen molar-refractivity contribution in [1.29, 1.82) is 0 Å². The lowest BCUT2D eigenvalue weighted by atomic mass is 9.78. The van der Waals surface area contributed by atoms with E-state index >= 15 is 0 Å². The monoisotopic (exact) mass is 186 g/mol. The quantitative estimate of drug-likeness (QED) is 0.455. The van der Waals surface area contributed by atoms with Gasteiger partial charge in [-0.25, -0.2) is 0 Å². The second-order valence-electron chi connectivity index (χ2n) is 3.24. The first-order valence-electron chi connectivity index (χ1n) is 4.47. The van der Waals surface area contributed by atoms with Crippen LogP contribution >= 0.6 is 0 Å². The van der Waals surface area contributed by atoms with E-state index in [1.165, 1.54) is 4.90 Å². The predicted octanol–water partition coefficient (Wildman–Crippen LogP) is -1.79. The molecule has 3 N–H and O–H groups in total. The molecule has 0 spiro atoms. The van der Waals surface area contributed by atoms with Crippen molar-refractivity contribution in [1.82, 2.24) is 10.2 Å². The van der Waals surface area contributed by atoms with Gasteiger partial charge < -0.3 is 20.3 Å². The van der Waals surface area contributed by atoms with Crippen LogP contribution in [0.2, 0.25) is 0 Å². The average molecular weight is 186 g/mol. The smallest absolute Gasteiger partial charge is 0.426 e. The molecule has 1 atom stereocenters. The summed E-state index contributed by atoms with van der Waals surface area (Å²) in [5, 5.41) is 20.7. The van der Waals surface area contributed by atoms with E-state index in [0.29, 0.717) is 13.0 Å². The van der Waals surface area contributed by atoms with Crippen LogP contribution < -0.4 is 5.32 Å². The van der Waals surface area contributed by atoms with Gasteiger partial charge in [-0.2, -0.15) is 0 Å². The second kappa shape index (κ2) is 4.60. The Bertz CT molecular complexity index is 189. The summed E-state index contributed by atoms with van der Waals surface area (Å²) < 4.78 is 0. The molecule has 0 aromatic rings. The Morgan fingerprint density at radius 1 is 1.69 bits per heavy atom. The van der Waals surface area contributed by atoms with Crippen molar-refractivity contribution in [2.45, 2.75) is 18.8 Å². The topological polar surface area (TPSA) is 72.8 Å². The Hall–Kier alpha value is -0.585. The summed E-state index contributed by atoms with van der Waals surface area (Å²) in [5.74, 6) is -0.487. The number of hydrogen-bond donors (Lipinski definition) is 3. The molecule has 0 aromatic heterocycles. The molecular formula is C7H15BN2O3. The lowest BCUT2D eigenvalue weighted by Gasteiger charge is -2.23. The Morgan fingerprint density at radius 2 is 2.38 bits per heavy atom. The molecule has 1 heterocycles. The maximum atomic E-state index is 11.4. The molecule has 1 rings (SSSR count). The third-order valence-electron chi connectivity index (χ3n) is 2.29. The zero-order valence-corrected chi connectivity index (χ0v) is 7.73. The van der Waals surface area contributed by atoms with Gasteiger partial charge >= 0.3 is 7.12 Å². The van der Waals surface area contributed by atoms with Gasteiger partial charge in [0.2, 0.25) is 5.91 Å². The van der Waals surface area contributed by atoms with Crippen LogP contribution in [0.5, 0.6) is 0 Å². The summed E-state index contributed by atoms with van der Waals surface area (Å²) in [7, 11) is 0.279. The minimum absolute atomic E-state index is 0.0712. The summed E-state index contributed by atoms with van der Waals surface area (Å²) in [6, 6.07) is 0. The van der Waals surface area contributed by atoms with Gasteiger partial charge in [-0.15, -0.1) is 0 Å². The predicted molar refractivity (Wildman–Crippen MR) is 48.9 cm³/mol. The fourth-order valence-corrected chi connectivity index (χ4v) is 1.66. The van der Waals surface area contributed by atoms with Crippen molar-refractivity contribution in [3.63, 3.8) is 0 Å². The summed E-state index contributed by atoms with van der Waals surface area (Å²) >= 11 is 0. The molecule has 1 fully saturated rings. The van der Waals surface area contributed by atoms with Crippen molar-refractivity contribution < 1.29 is 14.8 Å². The van der Waals surface area contributed by atoms with E-state index in [0.717, 1.165) is 6.42 Å². The molecule has 1 saturated heterocycles. The summed E-state index contributed by atoms with van der Waals surface area (Å²) in [6.07, 6.45) is 1.52. The van der Waals surface area contributed by atoms with Crippen LogP contribution in [-0.4, -0.2) is 54.1 Å². The van der Waals surface area contributed by atoms with Crippen molar-refractivity contribution >= 4 is 13.0 Å². The van der Waals surface area contributed by atoms with Crippen LogP contribution in [0.3, 0.4) is 0 Å². The number of likely N-dealkylation sites (tertiary alicyclic amines) is 1. The van der Waals surface area contributed by atoms with Crippen LogP contribution in [-0.2, 0) is 4.79 Å². The molecule has 0 aromatic carbocycles. The molecule has 0 unspecified atom stereocenters. The Labute approximate surface area is 77.9 Å². The highest BCUT2D eigenvalue weighted by Crippen LogP contribution is 2.17. The number of rotatable bonds is 3. The standard InChI is InChI=1S/C7H15BN2O3/c1-9-5-7(11)10-4-2-3-6(10)8(12)13/h6,9,12-13H,2-5H2,1H3/t6-/m0/s1. The van der Waals surface area contributed by atoms with E-state index in [9.17, 15) is 4.79 Å². The fraction of sp³-hybridized carbons (Fsp3) is 0.857. The van der Waals surface area contributed by atoms with Gasteiger partial charge in [-0.3, -0.25) is 4.79 Å². The number of nitrogens with zero attached hydrogens (tertiary/aromatic N) is 1. The lowest BCUT2D eigenvalue weighted by Crippen LogP contribution is -2.47. The number of carbonyl (C=O) groups excluding carboxylic acids is 1. The summed E-state index contributed by atoms with van der Waals surface area (Å²) in [5.41, 5.74) is 0. The highest BCUT2D eigenvalue weighted by atomic mass is 16.4. The van der Waals surface area contributed by atoms with Crippen molar-refractivity contribution in [2.24, 2.45) is 0 Å². The molecule has 5 nitrogen and oxygen atoms in total. The molecule has 0 saturated carbocycles. The molecule has 1 amide bonds. The summed E-state index contributed by atoms with van der Waals surface area (Å²) in [6.45, 7) is 0.881. The molecule has 6 heteroatoms. The molecule has 0 radical (unpaired) electrons. The highest BCUT2D eigenvalue weighted by molar-refractivity contribution is 6.43. The Kier molecular flexibility index (Phi) is 3.71. The Morgan fingerprint density at radius 3 is 2.92 bits per heavy atom. The van der Waals surface area contributed by atoms with Gasteiger partial charge in [0, 0.05) is 6.54 Å². The van der Waals surface area contributed by atoms with Gasteiger partial charge in [0.1, 0.15) is 0 Å². The number of nitrogens with one attached hydrogen (secondary N) is 1. The van der Waals surface area contributed by atoms with Gasteiger partial charge in [-0.1, -0.05) is 0 Å². The minimum Gasteiger partial charge on any atom is -0.426 e. The van der Waals surface area contributed by atoms with E-state index in [4.69, 9.17) is 10.0 Å². The number of carbonyl (C=O) groups is 1. The zero-order valence-electron chi connectivity index (χ0n) is 7.73. The molecular weight excluding hydrogens is 171 g/mol. The van der Waals surface area contributed by atoms with Gasteiger partial charge in [-0.05, 0) is 19.9 Å². The first-order valence-corrected chi connectivity index (χ1v) is 4.47. The number of likely N-dealkylation sites (N-methyl/N-ethyl adjacent to an activating group) is 1. The molecule has 0 bridgehead atoms. The lowest BCUT2D eigenvalue weighted by molar-refractivity contribution is -0.130. The first kappa shape index (κ1) is 10.5. The van der Waals surface area contributed by atoms with Crippen LogP contribution in [0.25, 0.3) is 0 Å². The third kappa shape index (κ3) is 2.43. The van der Waals surface area contributed by atoms with Gasteiger partial charge in [0.15, 0.2) is 0 Å².